The van der Waals surface area contributed by atoms with Gasteiger partial charge in [0.2, 0.25) is 0 Å². The lowest BCUT2D eigenvalue weighted by molar-refractivity contribution is -0.932. The molecule has 0 saturated heterocycles. The summed E-state index contributed by atoms with van der Waals surface area (Å²) >= 11 is 0. The molecule has 1 unspecified atom stereocenters. The standard InChI is InChI=1S/C28H58N2O/c1-6-9-11-12-13-14-15-16-17-18-19-20-21-23-25-28(27(29)31,24-22-10-7-2)30(4,5)26-8-3/h6-26H2,1-5H3,(H-,29,31)/p+1. The maximum Gasteiger partial charge on any atom is 0.278 e. The van der Waals surface area contributed by atoms with Crippen molar-refractivity contribution in [2.75, 3.05) is 20.6 Å². The van der Waals surface area contributed by atoms with Crippen LogP contribution in [-0.2, 0) is 4.79 Å². The molecule has 0 fully saturated rings. The van der Waals surface area contributed by atoms with Crippen LogP contribution in [0.2, 0.25) is 0 Å². The molecule has 3 heteroatoms. The lowest BCUT2D eigenvalue weighted by Crippen LogP contribution is -2.66. The molecular weight excluding hydrogens is 380 g/mol. The molecule has 0 bridgehead atoms. The summed E-state index contributed by atoms with van der Waals surface area (Å²) in [5, 5.41) is 0. The highest BCUT2D eigenvalue weighted by Crippen LogP contribution is 2.33. The number of rotatable bonds is 23. The molecule has 0 heterocycles. The number of hydrogen-bond donors (Lipinski definition) is 1. The molecule has 0 rings (SSSR count). The zero-order valence-corrected chi connectivity index (χ0v) is 22.3. The van der Waals surface area contributed by atoms with Gasteiger partial charge in [0.25, 0.3) is 5.91 Å². The van der Waals surface area contributed by atoms with Crippen LogP contribution in [0.15, 0.2) is 0 Å². The molecule has 3 nitrogen and oxygen atoms in total. The van der Waals surface area contributed by atoms with Gasteiger partial charge < -0.3 is 10.2 Å². The summed E-state index contributed by atoms with van der Waals surface area (Å²) in [6.45, 7) is 7.75. The van der Waals surface area contributed by atoms with Gasteiger partial charge in [0.15, 0.2) is 5.54 Å². The van der Waals surface area contributed by atoms with E-state index >= 15 is 0 Å². The van der Waals surface area contributed by atoms with Gasteiger partial charge in [-0.05, 0) is 19.3 Å². The quantitative estimate of drug-likeness (QED) is 0.127. The van der Waals surface area contributed by atoms with E-state index in [1.165, 1.54) is 96.3 Å². The highest BCUT2D eigenvalue weighted by Gasteiger charge is 2.49. The first-order chi connectivity index (χ1) is 14.9. The summed E-state index contributed by atoms with van der Waals surface area (Å²) in [6.07, 6.45) is 25.6. The molecule has 1 atom stereocenters. The van der Waals surface area contributed by atoms with Crippen LogP contribution >= 0.6 is 0 Å². The first-order valence-electron chi connectivity index (χ1n) is 14.0. The maximum absolute atomic E-state index is 12.7. The van der Waals surface area contributed by atoms with E-state index in [0.717, 1.165) is 43.1 Å². The molecule has 1 amide bonds. The van der Waals surface area contributed by atoms with Gasteiger partial charge >= 0.3 is 0 Å². The van der Waals surface area contributed by atoms with E-state index in [-0.39, 0.29) is 11.4 Å². The summed E-state index contributed by atoms with van der Waals surface area (Å²) < 4.78 is 0.751. The minimum Gasteiger partial charge on any atom is -0.364 e. The lowest BCUT2D eigenvalue weighted by Gasteiger charge is -2.47. The number of carbonyl (C=O) groups is 1. The Balaban J connectivity index is 4.15. The molecule has 0 spiro atoms. The molecule has 0 aromatic carbocycles. The second kappa shape index (κ2) is 18.9. The summed E-state index contributed by atoms with van der Waals surface area (Å²) in [5.74, 6) is -0.0725. The molecule has 0 aliphatic carbocycles. The fraction of sp³-hybridized carbons (Fsp3) is 0.964. The summed E-state index contributed by atoms with van der Waals surface area (Å²) in [6, 6.07) is 0. The minimum absolute atomic E-state index is 0.0725. The van der Waals surface area contributed by atoms with Gasteiger partial charge in [0.05, 0.1) is 20.6 Å². The van der Waals surface area contributed by atoms with Crippen molar-refractivity contribution in [3.8, 4) is 0 Å². The van der Waals surface area contributed by atoms with Crippen molar-refractivity contribution in [2.24, 2.45) is 5.73 Å². The summed E-state index contributed by atoms with van der Waals surface area (Å²) in [5.41, 5.74) is 5.68. The minimum atomic E-state index is -0.387. The topological polar surface area (TPSA) is 43.1 Å². The zero-order valence-electron chi connectivity index (χ0n) is 22.3. The number of nitrogens with zero attached hydrogens (tertiary/aromatic N) is 1. The Bertz CT molecular complexity index is 421. The molecule has 0 radical (unpaired) electrons. The van der Waals surface area contributed by atoms with Crippen molar-refractivity contribution in [2.45, 2.75) is 155 Å². The molecular formula is C28H59N2O+. The molecule has 0 aliphatic rings. The van der Waals surface area contributed by atoms with Crippen LogP contribution in [0.4, 0.5) is 0 Å². The van der Waals surface area contributed by atoms with E-state index in [9.17, 15) is 4.79 Å². The predicted molar refractivity (Wildman–Crippen MR) is 138 cm³/mol. The number of carbonyl (C=O) groups excluding carboxylic acids is 1. The van der Waals surface area contributed by atoms with Crippen molar-refractivity contribution in [3.63, 3.8) is 0 Å². The SMILES string of the molecule is CCCCCCCCCCCCCCCCC(CCCCC)(C(N)=O)[N+](C)(C)CCC. The zero-order chi connectivity index (χ0) is 23.4. The number of hydrogen-bond acceptors (Lipinski definition) is 1. The smallest absolute Gasteiger partial charge is 0.278 e. The van der Waals surface area contributed by atoms with E-state index < -0.39 is 0 Å². The van der Waals surface area contributed by atoms with Crippen molar-refractivity contribution in [1.29, 1.82) is 0 Å². The normalized spacial score (nSPS) is 14.0. The van der Waals surface area contributed by atoms with E-state index in [1.54, 1.807) is 0 Å². The van der Waals surface area contributed by atoms with Gasteiger partial charge in [-0.2, -0.15) is 0 Å². The second-order valence-electron chi connectivity index (χ2n) is 10.6. The molecule has 0 aromatic heterocycles. The predicted octanol–water partition coefficient (Wildman–Crippen LogP) is 8.15. The Morgan fingerprint density at radius 1 is 0.581 bits per heavy atom. The number of unbranched alkanes of at least 4 members (excludes halogenated alkanes) is 15. The number of amides is 1. The fourth-order valence-corrected chi connectivity index (χ4v) is 5.33. The molecule has 31 heavy (non-hydrogen) atoms. The second-order valence-corrected chi connectivity index (χ2v) is 10.6. The number of nitrogens with two attached hydrogens (primary N) is 1. The average molecular weight is 440 g/mol. The number of primary amides is 1. The van der Waals surface area contributed by atoms with Crippen LogP contribution in [0.3, 0.4) is 0 Å². The molecule has 0 aliphatic heterocycles. The van der Waals surface area contributed by atoms with Crippen molar-refractivity contribution in [1.82, 2.24) is 0 Å². The monoisotopic (exact) mass is 439 g/mol. The third kappa shape index (κ3) is 12.9. The Morgan fingerprint density at radius 3 is 1.26 bits per heavy atom. The lowest BCUT2D eigenvalue weighted by atomic mass is 9.82. The highest BCUT2D eigenvalue weighted by molar-refractivity contribution is 5.83. The Labute approximate surface area is 196 Å². The molecule has 0 aromatic rings. The van der Waals surface area contributed by atoms with Gasteiger partial charge in [-0.3, -0.25) is 4.79 Å². The highest BCUT2D eigenvalue weighted by atomic mass is 16.2. The Kier molecular flexibility index (Phi) is 18.6. The van der Waals surface area contributed by atoms with Crippen molar-refractivity contribution < 1.29 is 9.28 Å². The van der Waals surface area contributed by atoms with Crippen molar-refractivity contribution >= 4 is 5.91 Å². The number of likely N-dealkylation sites (N-methyl/N-ethyl adjacent to an activating group) is 1. The first kappa shape index (κ1) is 30.4. The summed E-state index contributed by atoms with van der Waals surface area (Å²) in [7, 11) is 4.45. The third-order valence-corrected chi connectivity index (χ3v) is 7.54. The van der Waals surface area contributed by atoms with Gasteiger partial charge in [0.1, 0.15) is 0 Å². The maximum atomic E-state index is 12.7. The van der Waals surface area contributed by atoms with E-state index in [4.69, 9.17) is 5.73 Å². The van der Waals surface area contributed by atoms with Gasteiger partial charge in [-0.1, -0.05) is 117 Å². The molecule has 2 N–H and O–H groups in total. The van der Waals surface area contributed by atoms with Crippen LogP contribution in [0, 0.1) is 0 Å². The van der Waals surface area contributed by atoms with Crippen LogP contribution in [0.1, 0.15) is 149 Å². The van der Waals surface area contributed by atoms with E-state index in [2.05, 4.69) is 34.9 Å². The number of quaternary nitrogens is 1. The van der Waals surface area contributed by atoms with Crippen molar-refractivity contribution in [3.05, 3.63) is 0 Å². The van der Waals surface area contributed by atoms with Crippen LogP contribution in [-0.4, -0.2) is 36.6 Å². The first-order valence-corrected chi connectivity index (χ1v) is 14.0. The average Bonchev–Trinajstić information content (AvgIpc) is 2.72. The Morgan fingerprint density at radius 2 is 0.903 bits per heavy atom. The van der Waals surface area contributed by atoms with Gasteiger partial charge in [-0.25, -0.2) is 0 Å². The van der Waals surface area contributed by atoms with Crippen LogP contribution in [0.25, 0.3) is 0 Å². The van der Waals surface area contributed by atoms with Gasteiger partial charge in [-0.15, -0.1) is 0 Å². The fourth-order valence-electron chi connectivity index (χ4n) is 5.33. The third-order valence-electron chi connectivity index (χ3n) is 7.54. The summed E-state index contributed by atoms with van der Waals surface area (Å²) in [4.78, 5) is 12.7. The largest absolute Gasteiger partial charge is 0.364 e. The Hall–Kier alpha value is -0.570. The molecule has 186 valence electrons. The van der Waals surface area contributed by atoms with E-state index in [0.29, 0.717) is 0 Å². The van der Waals surface area contributed by atoms with E-state index in [1.807, 2.05) is 0 Å². The van der Waals surface area contributed by atoms with Crippen LogP contribution in [0.5, 0.6) is 0 Å². The molecule has 0 saturated carbocycles. The van der Waals surface area contributed by atoms with Crippen LogP contribution < -0.4 is 5.73 Å². The van der Waals surface area contributed by atoms with Gasteiger partial charge in [0, 0.05) is 12.8 Å².